The van der Waals surface area contributed by atoms with Gasteiger partial charge in [-0.15, -0.1) is 34.5 Å². The molecule has 0 spiro atoms. The maximum atomic E-state index is 10.8. The average Bonchev–Trinajstić information content (AvgIpc) is 2.90. The number of hydrogen-bond donors (Lipinski definition) is 3. The molecule has 0 bridgehead atoms. The molecule has 1 aromatic carbocycles. The Morgan fingerprint density at radius 3 is 2.42 bits per heavy atom. The third kappa shape index (κ3) is 6.24. The van der Waals surface area contributed by atoms with E-state index in [4.69, 9.17) is 42.5 Å². The summed E-state index contributed by atoms with van der Waals surface area (Å²) in [6.07, 6.45) is -0.429. The van der Waals surface area contributed by atoms with Gasteiger partial charge in [0.05, 0.1) is 22.0 Å². The number of halogens is 2. The lowest BCUT2D eigenvalue weighted by Crippen LogP contribution is -2.05. The number of hydrogen-bond acceptors (Lipinski definition) is 7. The van der Waals surface area contributed by atoms with Gasteiger partial charge in [0.1, 0.15) is 19.5 Å². The van der Waals surface area contributed by atoms with Crippen molar-refractivity contribution >= 4 is 64.3 Å². The zero-order valence-electron chi connectivity index (χ0n) is 12.3. The Balaban J connectivity index is 2.18. The molecule has 0 atom stereocenters. The summed E-state index contributed by atoms with van der Waals surface area (Å²) in [6, 6.07) is 3.55. The van der Waals surface area contributed by atoms with Gasteiger partial charge in [-0.1, -0.05) is 0 Å². The lowest BCUT2D eigenvalue weighted by molar-refractivity contribution is 0.291. The first-order valence-corrected chi connectivity index (χ1v) is 11.2. The molecule has 0 unspecified atom stereocenters. The molecule has 0 amide bonds. The predicted octanol–water partition coefficient (Wildman–Crippen LogP) is 3.26. The van der Waals surface area contributed by atoms with Gasteiger partial charge in [0.25, 0.3) is 0 Å². The van der Waals surface area contributed by atoms with Gasteiger partial charge in [-0.2, -0.15) is 0 Å². The highest BCUT2D eigenvalue weighted by Gasteiger charge is 2.15. The van der Waals surface area contributed by atoms with Crippen molar-refractivity contribution in [2.45, 2.75) is 4.34 Å². The molecule has 1 aromatic heterocycles. The molecule has 0 aliphatic heterocycles. The molecule has 24 heavy (non-hydrogen) atoms. The highest BCUT2D eigenvalue weighted by Crippen LogP contribution is 2.38. The summed E-state index contributed by atoms with van der Waals surface area (Å²) in [4.78, 5) is 22.1. The SMILES string of the molecule is O=P(O)(O)CNSc1nc2cc(OCCCl)c(OCCCl)cc2s1. The van der Waals surface area contributed by atoms with Crippen LogP contribution in [-0.4, -0.2) is 46.0 Å². The fraction of sp³-hybridized carbons (Fsp3) is 0.417. The van der Waals surface area contributed by atoms with Gasteiger partial charge in [0.2, 0.25) is 0 Å². The van der Waals surface area contributed by atoms with Gasteiger partial charge in [-0.25, -0.2) is 9.71 Å². The molecule has 0 aliphatic carbocycles. The van der Waals surface area contributed by atoms with Crippen LogP contribution in [-0.2, 0) is 4.57 Å². The fourth-order valence-corrected chi connectivity index (χ4v) is 4.33. The molecule has 2 rings (SSSR count). The van der Waals surface area contributed by atoms with Crippen LogP contribution in [0.25, 0.3) is 10.2 Å². The molecule has 0 aliphatic rings. The van der Waals surface area contributed by atoms with E-state index in [1.54, 1.807) is 12.1 Å². The van der Waals surface area contributed by atoms with E-state index in [1.165, 1.54) is 11.3 Å². The molecule has 134 valence electrons. The second-order valence-electron chi connectivity index (χ2n) is 4.39. The Kier molecular flexibility index (Phi) is 7.90. The van der Waals surface area contributed by atoms with Gasteiger partial charge >= 0.3 is 7.60 Å². The number of rotatable bonds is 10. The Labute approximate surface area is 156 Å². The number of nitrogens with one attached hydrogen (secondary N) is 1. The Morgan fingerprint density at radius 1 is 1.21 bits per heavy atom. The lowest BCUT2D eigenvalue weighted by atomic mass is 10.3. The van der Waals surface area contributed by atoms with Crippen molar-refractivity contribution in [2.24, 2.45) is 0 Å². The van der Waals surface area contributed by atoms with E-state index in [2.05, 4.69) is 9.71 Å². The summed E-state index contributed by atoms with van der Waals surface area (Å²) < 4.78 is 26.1. The van der Waals surface area contributed by atoms with E-state index in [0.29, 0.717) is 46.3 Å². The predicted molar refractivity (Wildman–Crippen MR) is 98.0 cm³/mol. The van der Waals surface area contributed by atoms with Crippen molar-refractivity contribution in [3.8, 4) is 11.5 Å². The number of benzene rings is 1. The number of alkyl halides is 2. The van der Waals surface area contributed by atoms with Gasteiger partial charge in [-0.05, 0) is 11.9 Å². The van der Waals surface area contributed by atoms with Gasteiger partial charge in [0.15, 0.2) is 15.8 Å². The van der Waals surface area contributed by atoms with Crippen molar-refractivity contribution in [1.82, 2.24) is 9.71 Å². The number of nitrogens with zero attached hydrogens (tertiary/aromatic N) is 1. The van der Waals surface area contributed by atoms with Crippen LogP contribution < -0.4 is 14.2 Å². The summed E-state index contributed by atoms with van der Waals surface area (Å²) in [6.45, 7) is 0.675. The minimum atomic E-state index is -4.10. The number of aromatic nitrogens is 1. The molecule has 2 aromatic rings. The van der Waals surface area contributed by atoms with E-state index >= 15 is 0 Å². The van der Waals surface area contributed by atoms with Crippen LogP contribution in [0.3, 0.4) is 0 Å². The van der Waals surface area contributed by atoms with Crippen LogP contribution in [0.2, 0.25) is 0 Å². The molecule has 0 saturated heterocycles. The smallest absolute Gasteiger partial charge is 0.340 e. The van der Waals surface area contributed by atoms with E-state index in [9.17, 15) is 4.57 Å². The molecule has 0 fully saturated rings. The third-order valence-electron chi connectivity index (χ3n) is 2.53. The van der Waals surface area contributed by atoms with Gasteiger partial charge in [-0.3, -0.25) is 4.57 Å². The maximum absolute atomic E-state index is 10.8. The molecule has 0 radical (unpaired) electrons. The summed E-state index contributed by atoms with van der Waals surface area (Å²) in [7, 11) is -4.10. The van der Waals surface area contributed by atoms with Crippen LogP contribution in [0.1, 0.15) is 0 Å². The first-order chi connectivity index (χ1) is 11.4. The first kappa shape index (κ1) is 20.1. The monoisotopic (exact) mass is 432 g/mol. The summed E-state index contributed by atoms with van der Waals surface area (Å²) >= 11 is 13.7. The van der Waals surface area contributed by atoms with Gasteiger partial charge < -0.3 is 19.3 Å². The molecule has 12 heteroatoms. The van der Waals surface area contributed by atoms with E-state index in [-0.39, 0.29) is 0 Å². The lowest BCUT2D eigenvalue weighted by Gasteiger charge is -2.11. The van der Waals surface area contributed by atoms with Crippen LogP contribution in [0, 0.1) is 0 Å². The van der Waals surface area contributed by atoms with Crippen molar-refractivity contribution in [2.75, 3.05) is 31.3 Å². The number of thiazole rings is 1. The number of ether oxygens (including phenoxy) is 2. The van der Waals surface area contributed by atoms with Crippen LogP contribution in [0.4, 0.5) is 0 Å². The summed E-state index contributed by atoms with van der Waals surface area (Å²) in [5.74, 6) is 1.77. The highest BCUT2D eigenvalue weighted by atomic mass is 35.5. The summed E-state index contributed by atoms with van der Waals surface area (Å²) in [5.41, 5.74) is 0.697. The van der Waals surface area contributed by atoms with E-state index in [1.807, 2.05) is 0 Å². The van der Waals surface area contributed by atoms with Crippen LogP contribution >= 0.6 is 54.1 Å². The van der Waals surface area contributed by atoms with Crippen LogP contribution in [0.5, 0.6) is 11.5 Å². The van der Waals surface area contributed by atoms with Crippen molar-refractivity contribution in [3.63, 3.8) is 0 Å². The van der Waals surface area contributed by atoms with Crippen molar-refractivity contribution in [1.29, 1.82) is 0 Å². The standard InChI is InChI=1S/C12H15Cl2N2O5PS2/c13-1-3-20-9-5-8-11(6-10(9)21-4-2-14)23-12(16-8)24-15-7-22(17,18)19/h5-6,15H,1-4,7H2,(H2,17,18,19). The Bertz CT molecular complexity index is 682. The molecule has 0 saturated carbocycles. The van der Waals surface area contributed by atoms with Crippen molar-refractivity contribution in [3.05, 3.63) is 12.1 Å². The summed E-state index contributed by atoms with van der Waals surface area (Å²) in [5, 5.41) is 0. The quantitative estimate of drug-likeness (QED) is 0.298. The van der Waals surface area contributed by atoms with Gasteiger partial charge in [0, 0.05) is 12.1 Å². The minimum Gasteiger partial charge on any atom is -0.488 e. The normalized spacial score (nSPS) is 11.8. The van der Waals surface area contributed by atoms with Crippen LogP contribution in [0.15, 0.2) is 16.5 Å². The topological polar surface area (TPSA) is 101 Å². The molecule has 1 heterocycles. The first-order valence-electron chi connectivity index (χ1n) is 6.69. The Hall–Kier alpha value is -0.250. The third-order valence-corrected chi connectivity index (χ3v) is 5.49. The van der Waals surface area contributed by atoms with Crippen molar-refractivity contribution < 1.29 is 23.8 Å². The number of fused-ring (bicyclic) bond motifs is 1. The molecule has 3 N–H and O–H groups in total. The highest BCUT2D eigenvalue weighted by molar-refractivity contribution is 7.99. The minimum absolute atomic E-state index is 0.333. The van der Waals surface area contributed by atoms with E-state index < -0.39 is 13.9 Å². The molecule has 7 nitrogen and oxygen atoms in total. The fourth-order valence-electron chi connectivity index (χ4n) is 1.66. The maximum Gasteiger partial charge on any atom is 0.340 e. The van der Waals surface area contributed by atoms with E-state index in [0.717, 1.165) is 16.6 Å². The largest absolute Gasteiger partial charge is 0.488 e. The zero-order valence-corrected chi connectivity index (χ0v) is 16.3. The molecular formula is C12H15Cl2N2O5PS2. The molecular weight excluding hydrogens is 418 g/mol. The Morgan fingerprint density at radius 2 is 1.83 bits per heavy atom. The average molecular weight is 433 g/mol. The second-order valence-corrected chi connectivity index (χ2v) is 8.96. The second kappa shape index (κ2) is 9.45. The zero-order chi connectivity index (χ0) is 17.6.